The summed E-state index contributed by atoms with van der Waals surface area (Å²) >= 11 is 12.9. The number of aryl methyl sites for hydroxylation is 1. The minimum absolute atomic E-state index is 0.0776. The van der Waals surface area contributed by atoms with Crippen molar-refractivity contribution in [3.05, 3.63) is 174 Å². The quantitative estimate of drug-likeness (QED) is 0.130. The third-order valence-electron chi connectivity index (χ3n) is 11.1. The van der Waals surface area contributed by atoms with E-state index in [9.17, 15) is 36.0 Å². The van der Waals surface area contributed by atoms with Crippen LogP contribution < -0.4 is 30.4 Å². The van der Waals surface area contributed by atoms with E-state index in [4.69, 9.17) is 23.2 Å². The van der Waals surface area contributed by atoms with Crippen molar-refractivity contribution >= 4 is 77.8 Å². The minimum atomic E-state index is -4.50. The first-order valence-corrected chi connectivity index (χ1v) is 23.3. The van der Waals surface area contributed by atoms with E-state index in [1.165, 1.54) is 58.5 Å². The Balaban J connectivity index is 1.11. The molecule has 0 unspecified atom stereocenters. The van der Waals surface area contributed by atoms with Gasteiger partial charge in [-0.2, -0.15) is 0 Å². The van der Waals surface area contributed by atoms with Crippen molar-refractivity contribution in [2.24, 2.45) is 14.1 Å². The van der Waals surface area contributed by atoms with Crippen molar-refractivity contribution in [3.63, 3.8) is 0 Å². The number of nitrogens with zero attached hydrogens (tertiary/aromatic N) is 6. The average molecular weight is 958 g/mol. The summed E-state index contributed by atoms with van der Waals surface area (Å²) in [5, 5.41) is 5.09. The lowest BCUT2D eigenvalue weighted by Gasteiger charge is -2.19. The molecule has 7 aromatic rings. The van der Waals surface area contributed by atoms with Crippen molar-refractivity contribution in [2.75, 3.05) is 33.3 Å². The molecule has 0 aliphatic rings. The molecule has 16 nitrogen and oxygen atoms in total. The van der Waals surface area contributed by atoms with E-state index in [2.05, 4.69) is 10.6 Å². The van der Waals surface area contributed by atoms with Gasteiger partial charge in [0, 0.05) is 50.7 Å². The molecular weight excluding hydrogens is 916 g/mol. The molecule has 0 saturated heterocycles. The smallest absolute Gasteiger partial charge is 0.296 e. The highest BCUT2D eigenvalue weighted by atomic mass is 35.5. The third kappa shape index (κ3) is 8.36. The number of aromatic nitrogens is 4. The molecule has 0 bridgehead atoms. The Morgan fingerprint density at radius 1 is 0.554 bits per heavy atom. The van der Waals surface area contributed by atoms with Crippen molar-refractivity contribution in [1.82, 2.24) is 18.7 Å². The second-order valence-corrected chi connectivity index (χ2v) is 19.7. The number of hydrogen-bond acceptors (Lipinski definition) is 8. The van der Waals surface area contributed by atoms with Crippen molar-refractivity contribution in [2.45, 2.75) is 30.6 Å². The van der Waals surface area contributed by atoms with E-state index in [-0.39, 0.29) is 43.9 Å². The van der Waals surface area contributed by atoms with Gasteiger partial charge in [0.2, 0.25) is 0 Å². The van der Waals surface area contributed by atoms with Crippen LogP contribution in [0.25, 0.3) is 11.4 Å². The second-order valence-electron chi connectivity index (χ2n) is 15.0. The average Bonchev–Trinajstić information content (AvgIpc) is 3.64. The Hall–Kier alpha value is -6.86. The van der Waals surface area contributed by atoms with E-state index in [1.54, 1.807) is 112 Å². The van der Waals surface area contributed by atoms with Crippen LogP contribution >= 0.6 is 23.2 Å². The highest BCUT2D eigenvalue weighted by molar-refractivity contribution is 7.93. The van der Waals surface area contributed by atoms with Gasteiger partial charge in [0.15, 0.2) is 0 Å². The highest BCUT2D eigenvalue weighted by Crippen LogP contribution is 2.32. The van der Waals surface area contributed by atoms with Gasteiger partial charge in [-0.05, 0) is 99.1 Å². The molecule has 0 spiro atoms. The first kappa shape index (κ1) is 46.1. The summed E-state index contributed by atoms with van der Waals surface area (Å²) < 4.78 is 63.8. The number of halogens is 2. The molecule has 2 N–H and O–H groups in total. The molecule has 5 aromatic carbocycles. The first-order chi connectivity index (χ1) is 30.7. The molecule has 7 rings (SSSR count). The molecule has 336 valence electrons. The predicted octanol–water partition coefficient (Wildman–Crippen LogP) is 7.05. The zero-order valence-corrected chi connectivity index (χ0v) is 39.1. The number of carbonyl (C=O) groups excluding carboxylic acids is 2. The Kier molecular flexibility index (Phi) is 12.5. The molecular formula is C45H42Cl2N8O8S2. The summed E-state index contributed by atoms with van der Waals surface area (Å²) in [6.45, 7) is 4.93. The lowest BCUT2D eigenvalue weighted by Crippen LogP contribution is -2.32. The molecule has 20 heteroatoms. The molecule has 0 atom stereocenters. The molecule has 65 heavy (non-hydrogen) atoms. The summed E-state index contributed by atoms with van der Waals surface area (Å²) in [6.07, 6.45) is 0. The van der Waals surface area contributed by atoms with E-state index >= 15 is 0 Å². The topological polar surface area (TPSA) is 187 Å². The summed E-state index contributed by atoms with van der Waals surface area (Å²) in [5.41, 5.74) is 1.28. The number of para-hydroxylation sites is 2. The van der Waals surface area contributed by atoms with Gasteiger partial charge in [0.05, 0.1) is 32.8 Å². The third-order valence-corrected chi connectivity index (χ3v) is 15.6. The van der Waals surface area contributed by atoms with E-state index in [0.717, 1.165) is 20.7 Å². The predicted molar refractivity (Wildman–Crippen MR) is 253 cm³/mol. The molecule has 0 saturated carbocycles. The SMILES string of the molecule is Cc1ccc(NC(=O)c2ccc(Cl)c(S(=O)(=O)N(C)c3c(C)n(C)n(-c4ccccc4)c3=O)c2)cc1NC(=O)c1ccc(Cl)c(S(=O)(=O)N(C)c2c(C)n(C)n(-c3ccccc3)c2=O)c1. The van der Waals surface area contributed by atoms with Gasteiger partial charge in [-0.1, -0.05) is 65.7 Å². The van der Waals surface area contributed by atoms with Crippen molar-refractivity contribution in [3.8, 4) is 11.4 Å². The summed E-state index contributed by atoms with van der Waals surface area (Å²) in [4.78, 5) is 53.9. The van der Waals surface area contributed by atoms with Crippen molar-refractivity contribution < 1.29 is 26.4 Å². The maximum atomic E-state index is 14.1. The van der Waals surface area contributed by atoms with Crippen LogP contribution in [0.4, 0.5) is 22.7 Å². The number of carbonyl (C=O) groups is 2. The van der Waals surface area contributed by atoms with Crippen LogP contribution in [0.1, 0.15) is 37.7 Å². The van der Waals surface area contributed by atoms with Crippen LogP contribution in [-0.2, 0) is 34.1 Å². The fraction of sp³-hybridized carbons (Fsp3) is 0.156. The largest absolute Gasteiger partial charge is 0.322 e. The zero-order chi connectivity index (χ0) is 47.3. The van der Waals surface area contributed by atoms with Crippen LogP contribution in [0, 0.1) is 20.8 Å². The fourth-order valence-electron chi connectivity index (χ4n) is 7.29. The van der Waals surface area contributed by atoms with Gasteiger partial charge in [0.25, 0.3) is 43.0 Å². The van der Waals surface area contributed by atoms with Gasteiger partial charge < -0.3 is 10.6 Å². The van der Waals surface area contributed by atoms with E-state index in [1.807, 2.05) is 0 Å². The Bertz CT molecular complexity index is 3400. The molecule has 0 aliphatic heterocycles. The summed E-state index contributed by atoms with van der Waals surface area (Å²) in [6, 6.07) is 29.5. The maximum absolute atomic E-state index is 14.1. The number of nitrogens with one attached hydrogen (secondary N) is 2. The number of anilines is 4. The molecule has 0 fully saturated rings. The van der Waals surface area contributed by atoms with Crippen LogP contribution in [0.3, 0.4) is 0 Å². The normalized spacial score (nSPS) is 11.6. The van der Waals surface area contributed by atoms with Gasteiger partial charge in [-0.25, -0.2) is 26.2 Å². The molecule has 2 heterocycles. The highest BCUT2D eigenvalue weighted by Gasteiger charge is 2.33. The second kappa shape index (κ2) is 17.6. The van der Waals surface area contributed by atoms with E-state index < -0.39 is 52.8 Å². The Morgan fingerprint density at radius 2 is 0.954 bits per heavy atom. The Labute approximate surface area is 384 Å². The molecule has 0 radical (unpaired) electrons. The molecule has 2 aromatic heterocycles. The number of hydrogen-bond donors (Lipinski definition) is 2. The monoisotopic (exact) mass is 956 g/mol. The lowest BCUT2D eigenvalue weighted by molar-refractivity contribution is 0.101. The number of rotatable bonds is 12. The van der Waals surface area contributed by atoms with Gasteiger partial charge in [-0.3, -0.25) is 37.2 Å². The van der Waals surface area contributed by atoms with Crippen LogP contribution in [-0.4, -0.2) is 61.5 Å². The summed E-state index contributed by atoms with van der Waals surface area (Å²) in [7, 11) is -3.27. The number of benzene rings is 5. The minimum Gasteiger partial charge on any atom is -0.322 e. The molecule has 2 amide bonds. The van der Waals surface area contributed by atoms with Gasteiger partial charge in [-0.15, -0.1) is 0 Å². The summed E-state index contributed by atoms with van der Waals surface area (Å²) in [5.74, 6) is -1.43. The lowest BCUT2D eigenvalue weighted by atomic mass is 10.1. The fourth-order valence-corrected chi connectivity index (χ4v) is 10.8. The number of amides is 2. The van der Waals surface area contributed by atoms with Gasteiger partial charge >= 0.3 is 0 Å². The van der Waals surface area contributed by atoms with Crippen LogP contribution in [0.15, 0.2) is 135 Å². The maximum Gasteiger partial charge on any atom is 0.296 e. The van der Waals surface area contributed by atoms with Crippen molar-refractivity contribution in [1.29, 1.82) is 0 Å². The van der Waals surface area contributed by atoms with Crippen LogP contribution in [0.5, 0.6) is 0 Å². The van der Waals surface area contributed by atoms with Gasteiger partial charge in [0.1, 0.15) is 21.2 Å². The Morgan fingerprint density at radius 3 is 1.37 bits per heavy atom. The number of sulfonamides is 2. The van der Waals surface area contributed by atoms with Crippen LogP contribution in [0.2, 0.25) is 10.0 Å². The van der Waals surface area contributed by atoms with E-state index in [0.29, 0.717) is 28.3 Å². The first-order valence-electron chi connectivity index (χ1n) is 19.6. The standard InChI is InChI=1S/C45H42Cl2N8O8S2/c1-27-18-21-32(48-42(56)30-19-22-35(46)38(24-30)64(60,61)52(6)40-28(2)50(4)54(44(40)58)33-14-10-8-11-15-33)26-37(27)49-43(57)31-20-23-36(47)39(25-31)65(62,63)53(7)41-29(3)51(5)55(45(41)59)34-16-12-9-13-17-34/h8-26H,1-7H3,(H,48,56)(H,49,57). The molecule has 0 aliphatic carbocycles. The zero-order valence-electron chi connectivity index (χ0n) is 36.0.